The second-order valence-electron chi connectivity index (χ2n) is 5.52. The third-order valence-corrected chi connectivity index (χ3v) is 3.61. The van der Waals surface area contributed by atoms with Crippen molar-refractivity contribution in [1.29, 1.82) is 0 Å². The average molecular weight is 383 g/mol. The van der Waals surface area contributed by atoms with Gasteiger partial charge < -0.3 is 19.9 Å². The summed E-state index contributed by atoms with van der Waals surface area (Å²) in [6.07, 6.45) is 4.23. The first-order chi connectivity index (χ1) is 13.5. The Morgan fingerprint density at radius 1 is 1.11 bits per heavy atom. The van der Waals surface area contributed by atoms with Crippen LogP contribution in [0, 0.1) is 0 Å². The number of carbonyl (C=O) groups excluding carboxylic acids is 2. The van der Waals surface area contributed by atoms with Crippen molar-refractivity contribution in [2.75, 3.05) is 20.8 Å². The van der Waals surface area contributed by atoms with Gasteiger partial charge in [-0.1, -0.05) is 18.2 Å². The molecular weight excluding hydrogens is 362 g/mol. The lowest BCUT2D eigenvalue weighted by Gasteiger charge is -2.05. The van der Waals surface area contributed by atoms with Gasteiger partial charge in [0.2, 0.25) is 5.91 Å². The van der Waals surface area contributed by atoms with Crippen LogP contribution in [0.2, 0.25) is 0 Å². The number of carbonyl (C=O) groups is 2. The van der Waals surface area contributed by atoms with Crippen LogP contribution in [0.1, 0.15) is 11.1 Å². The van der Waals surface area contributed by atoms with Crippen LogP contribution in [0.3, 0.4) is 0 Å². The van der Waals surface area contributed by atoms with Crippen molar-refractivity contribution in [2.24, 2.45) is 5.10 Å². The summed E-state index contributed by atoms with van der Waals surface area (Å²) >= 11 is 0. The summed E-state index contributed by atoms with van der Waals surface area (Å²) < 4.78 is 10.0. The van der Waals surface area contributed by atoms with Gasteiger partial charge in [-0.2, -0.15) is 5.10 Å². The molecule has 0 aromatic heterocycles. The second kappa shape index (κ2) is 10.4. The Labute approximate surface area is 162 Å². The van der Waals surface area contributed by atoms with Gasteiger partial charge in [0.25, 0.3) is 5.91 Å². The number of amides is 2. The van der Waals surface area contributed by atoms with E-state index < -0.39 is 11.8 Å². The summed E-state index contributed by atoms with van der Waals surface area (Å²) in [6.45, 7) is -0.243. The van der Waals surface area contributed by atoms with Crippen molar-refractivity contribution in [3.05, 3.63) is 59.7 Å². The van der Waals surface area contributed by atoms with E-state index in [4.69, 9.17) is 9.47 Å². The molecule has 0 aliphatic heterocycles. The summed E-state index contributed by atoms with van der Waals surface area (Å²) in [4.78, 5) is 23.5. The largest absolute Gasteiger partial charge is 0.504 e. The summed E-state index contributed by atoms with van der Waals surface area (Å²) in [7, 11) is 3.01. The summed E-state index contributed by atoms with van der Waals surface area (Å²) in [5.74, 6) is 0.0115. The number of nitrogens with zero attached hydrogens (tertiary/aromatic N) is 1. The smallest absolute Gasteiger partial charge is 0.259 e. The Hall–Kier alpha value is -3.81. The van der Waals surface area contributed by atoms with Crippen molar-refractivity contribution in [3.8, 4) is 17.2 Å². The number of para-hydroxylation sites is 1. The van der Waals surface area contributed by atoms with Crippen LogP contribution < -0.4 is 20.2 Å². The molecule has 28 heavy (non-hydrogen) atoms. The average Bonchev–Trinajstić information content (AvgIpc) is 2.72. The van der Waals surface area contributed by atoms with Gasteiger partial charge in [0.1, 0.15) is 5.75 Å². The van der Waals surface area contributed by atoms with E-state index >= 15 is 0 Å². The quantitative estimate of drug-likeness (QED) is 0.365. The number of methoxy groups -OCH3 is 2. The number of rotatable bonds is 8. The first-order valence-electron chi connectivity index (χ1n) is 8.31. The Bertz CT molecular complexity index is 876. The third-order valence-electron chi connectivity index (χ3n) is 3.61. The molecule has 3 N–H and O–H groups in total. The first kappa shape index (κ1) is 20.5. The number of ether oxygens (including phenoxy) is 2. The van der Waals surface area contributed by atoms with Crippen LogP contribution in [0.5, 0.6) is 17.2 Å². The lowest BCUT2D eigenvalue weighted by molar-refractivity contribution is -0.123. The van der Waals surface area contributed by atoms with Crippen molar-refractivity contribution in [3.63, 3.8) is 0 Å². The van der Waals surface area contributed by atoms with Gasteiger partial charge in [-0.3, -0.25) is 9.59 Å². The van der Waals surface area contributed by atoms with Gasteiger partial charge in [-0.05, 0) is 35.9 Å². The fraction of sp³-hybridized carbons (Fsp3) is 0.150. The molecule has 0 aliphatic carbocycles. The van der Waals surface area contributed by atoms with E-state index in [0.717, 1.165) is 11.3 Å². The van der Waals surface area contributed by atoms with Crippen LogP contribution in [0.25, 0.3) is 6.08 Å². The highest BCUT2D eigenvalue weighted by Crippen LogP contribution is 2.27. The minimum Gasteiger partial charge on any atom is -0.504 e. The highest BCUT2D eigenvalue weighted by Gasteiger charge is 2.05. The maximum atomic E-state index is 11.8. The van der Waals surface area contributed by atoms with Crippen LogP contribution in [-0.2, 0) is 9.59 Å². The SMILES string of the molecule is COc1ccc(/C=C/C(=O)NCC(=O)N/N=C/c2cccc(OC)c2O)cc1. The molecule has 0 heterocycles. The fourth-order valence-corrected chi connectivity index (χ4v) is 2.13. The van der Waals surface area contributed by atoms with Crippen molar-refractivity contribution in [2.45, 2.75) is 0 Å². The van der Waals surface area contributed by atoms with Gasteiger partial charge in [0.05, 0.1) is 27.0 Å². The third kappa shape index (κ3) is 6.17. The summed E-state index contributed by atoms with van der Waals surface area (Å²) in [6, 6.07) is 12.1. The van der Waals surface area contributed by atoms with E-state index in [2.05, 4.69) is 15.8 Å². The van der Waals surface area contributed by atoms with E-state index in [0.29, 0.717) is 11.3 Å². The van der Waals surface area contributed by atoms with Gasteiger partial charge >= 0.3 is 0 Å². The number of hydrazone groups is 1. The molecular formula is C20H21N3O5. The molecule has 0 atom stereocenters. The Morgan fingerprint density at radius 3 is 2.54 bits per heavy atom. The lowest BCUT2D eigenvalue weighted by Crippen LogP contribution is -2.34. The van der Waals surface area contributed by atoms with E-state index in [1.165, 1.54) is 19.4 Å². The first-order valence-corrected chi connectivity index (χ1v) is 8.31. The molecule has 146 valence electrons. The number of hydrogen-bond donors (Lipinski definition) is 3. The van der Waals surface area contributed by atoms with Gasteiger partial charge in [-0.25, -0.2) is 5.43 Å². The number of phenolic OH excluding ortho intramolecular Hbond substituents is 1. The standard InChI is InChI=1S/C20H21N3O5/c1-27-16-9-6-14(7-10-16)8-11-18(24)21-13-19(25)23-22-12-15-4-3-5-17(28-2)20(15)26/h3-12,26H,13H2,1-2H3,(H,21,24)(H,23,25)/b11-8+,22-12+. The highest BCUT2D eigenvalue weighted by molar-refractivity contribution is 5.94. The molecule has 0 unspecified atom stereocenters. The number of aromatic hydroxyl groups is 1. The molecule has 0 spiro atoms. The molecule has 0 saturated carbocycles. The zero-order chi connectivity index (χ0) is 20.4. The zero-order valence-electron chi connectivity index (χ0n) is 15.5. The van der Waals surface area contributed by atoms with E-state index in [1.54, 1.807) is 55.7 Å². The Morgan fingerprint density at radius 2 is 1.86 bits per heavy atom. The maximum Gasteiger partial charge on any atom is 0.259 e. The topological polar surface area (TPSA) is 109 Å². The molecule has 0 saturated heterocycles. The molecule has 0 fully saturated rings. The van der Waals surface area contributed by atoms with Crippen LogP contribution >= 0.6 is 0 Å². The maximum absolute atomic E-state index is 11.8. The van der Waals surface area contributed by atoms with E-state index in [1.807, 2.05) is 0 Å². The molecule has 8 nitrogen and oxygen atoms in total. The van der Waals surface area contributed by atoms with E-state index in [9.17, 15) is 14.7 Å². The van der Waals surface area contributed by atoms with E-state index in [-0.39, 0.29) is 12.3 Å². The van der Waals surface area contributed by atoms with Crippen molar-refractivity contribution < 1.29 is 24.2 Å². The molecule has 2 rings (SSSR count). The predicted molar refractivity (Wildman–Crippen MR) is 105 cm³/mol. The van der Waals surface area contributed by atoms with Gasteiger partial charge in [0, 0.05) is 11.6 Å². The van der Waals surface area contributed by atoms with Crippen molar-refractivity contribution in [1.82, 2.24) is 10.7 Å². The molecule has 2 aromatic rings. The number of hydrogen-bond acceptors (Lipinski definition) is 6. The van der Waals surface area contributed by atoms with Crippen LogP contribution in [-0.4, -0.2) is 43.9 Å². The monoisotopic (exact) mass is 383 g/mol. The molecule has 2 amide bonds. The van der Waals surface area contributed by atoms with Crippen LogP contribution in [0.15, 0.2) is 53.6 Å². The van der Waals surface area contributed by atoms with Gasteiger partial charge in [0.15, 0.2) is 11.5 Å². The van der Waals surface area contributed by atoms with Crippen LogP contribution in [0.4, 0.5) is 0 Å². The number of nitrogens with one attached hydrogen (secondary N) is 2. The second-order valence-corrected chi connectivity index (χ2v) is 5.52. The number of phenols is 1. The molecule has 0 aliphatic rings. The molecule has 2 aromatic carbocycles. The molecule has 0 bridgehead atoms. The molecule has 8 heteroatoms. The lowest BCUT2D eigenvalue weighted by atomic mass is 10.2. The summed E-state index contributed by atoms with van der Waals surface area (Å²) in [5, 5.41) is 16.1. The Kier molecular flexibility index (Phi) is 7.59. The summed E-state index contributed by atoms with van der Waals surface area (Å²) in [5.41, 5.74) is 3.47. The fourth-order valence-electron chi connectivity index (χ4n) is 2.13. The van der Waals surface area contributed by atoms with Gasteiger partial charge in [-0.15, -0.1) is 0 Å². The molecule has 0 radical (unpaired) electrons. The van der Waals surface area contributed by atoms with Crippen molar-refractivity contribution >= 4 is 24.1 Å². The number of benzene rings is 2. The predicted octanol–water partition coefficient (Wildman–Crippen LogP) is 1.69. The zero-order valence-corrected chi connectivity index (χ0v) is 15.5. The highest BCUT2D eigenvalue weighted by atomic mass is 16.5. The Balaban J connectivity index is 1.78. The minimum atomic E-state index is -0.509. The normalized spacial score (nSPS) is 10.8. The minimum absolute atomic E-state index is 0.0834.